The molecule has 2 saturated heterocycles. The molecule has 0 amide bonds. The van der Waals surface area contributed by atoms with Gasteiger partial charge in [0.2, 0.25) is 5.75 Å². The van der Waals surface area contributed by atoms with Crippen LogP contribution in [0.2, 0.25) is 0 Å². The highest BCUT2D eigenvalue weighted by Gasteiger charge is 2.38. The summed E-state index contributed by atoms with van der Waals surface area (Å²) in [5, 5.41) is 9.91. The van der Waals surface area contributed by atoms with Crippen molar-refractivity contribution in [3.8, 4) is 17.2 Å². The van der Waals surface area contributed by atoms with E-state index < -0.39 is 0 Å². The van der Waals surface area contributed by atoms with Gasteiger partial charge in [-0.2, -0.15) is 0 Å². The molecule has 3 rings (SSSR count). The van der Waals surface area contributed by atoms with E-state index >= 15 is 0 Å². The number of benzene rings is 1. The molecular weight excluding hydrogens is 308 g/mol. The van der Waals surface area contributed by atoms with Gasteiger partial charge in [0.25, 0.3) is 0 Å². The van der Waals surface area contributed by atoms with Crippen LogP contribution in [0.25, 0.3) is 0 Å². The Hall–Kier alpha value is -1.50. The lowest BCUT2D eigenvalue weighted by Gasteiger charge is -2.42. The molecule has 0 spiro atoms. The highest BCUT2D eigenvalue weighted by molar-refractivity contribution is 5.53. The van der Waals surface area contributed by atoms with E-state index in [9.17, 15) is 5.11 Å². The van der Waals surface area contributed by atoms with Crippen molar-refractivity contribution in [1.82, 2.24) is 9.80 Å². The van der Waals surface area contributed by atoms with Gasteiger partial charge in [-0.05, 0) is 31.0 Å². The highest BCUT2D eigenvalue weighted by atomic mass is 16.5. The van der Waals surface area contributed by atoms with Crippen LogP contribution in [0.1, 0.15) is 18.9 Å². The Morgan fingerprint density at radius 3 is 2.29 bits per heavy atom. The van der Waals surface area contributed by atoms with Crippen molar-refractivity contribution in [2.75, 3.05) is 41.0 Å². The number of fused-ring (bicyclic) bond motifs is 1. The Morgan fingerprint density at radius 1 is 1.04 bits per heavy atom. The normalized spacial score (nSPS) is 27.8. The number of nitrogens with zero attached hydrogens (tertiary/aromatic N) is 2. The fraction of sp³-hybridized carbons (Fsp3) is 0.667. The Kier molecular flexibility index (Phi) is 5.18. The SMILES string of the molecule is COc1cc(CN2C[C@H]3C[C@@H](O)CN3C[C@@H]2C)cc(OC)c1OC. The second kappa shape index (κ2) is 7.17. The summed E-state index contributed by atoms with van der Waals surface area (Å²) < 4.78 is 16.3. The first-order valence-corrected chi connectivity index (χ1v) is 8.50. The van der Waals surface area contributed by atoms with Crippen LogP contribution in [-0.4, -0.2) is 74.1 Å². The minimum Gasteiger partial charge on any atom is -0.493 e. The number of rotatable bonds is 5. The smallest absolute Gasteiger partial charge is 0.203 e. The van der Waals surface area contributed by atoms with Crippen molar-refractivity contribution in [1.29, 1.82) is 0 Å². The summed E-state index contributed by atoms with van der Waals surface area (Å²) in [6.07, 6.45) is 0.696. The van der Waals surface area contributed by atoms with Gasteiger partial charge >= 0.3 is 0 Å². The maximum absolute atomic E-state index is 9.91. The zero-order chi connectivity index (χ0) is 17.3. The van der Waals surface area contributed by atoms with Gasteiger partial charge in [-0.25, -0.2) is 0 Å². The fourth-order valence-corrected chi connectivity index (χ4v) is 3.96. The number of methoxy groups -OCH3 is 3. The molecule has 0 aliphatic carbocycles. The minimum atomic E-state index is -0.177. The monoisotopic (exact) mass is 336 g/mol. The van der Waals surface area contributed by atoms with Crippen LogP contribution in [0.15, 0.2) is 12.1 Å². The van der Waals surface area contributed by atoms with Crippen LogP contribution < -0.4 is 14.2 Å². The predicted molar refractivity (Wildman–Crippen MR) is 92.0 cm³/mol. The zero-order valence-corrected chi connectivity index (χ0v) is 15.0. The number of piperazine rings is 1. The second-order valence-corrected chi connectivity index (χ2v) is 6.81. The lowest BCUT2D eigenvalue weighted by atomic mass is 10.1. The molecule has 134 valence electrons. The molecule has 6 heteroatoms. The average Bonchev–Trinajstić information content (AvgIpc) is 2.93. The van der Waals surface area contributed by atoms with Gasteiger partial charge < -0.3 is 19.3 Å². The van der Waals surface area contributed by atoms with E-state index in [0.29, 0.717) is 29.3 Å². The molecule has 2 aliphatic rings. The zero-order valence-electron chi connectivity index (χ0n) is 15.0. The highest BCUT2D eigenvalue weighted by Crippen LogP contribution is 2.39. The Bertz CT molecular complexity index is 555. The quantitative estimate of drug-likeness (QED) is 0.876. The van der Waals surface area contributed by atoms with Crippen LogP contribution in [0.3, 0.4) is 0 Å². The Morgan fingerprint density at radius 2 is 1.71 bits per heavy atom. The summed E-state index contributed by atoms with van der Waals surface area (Å²) >= 11 is 0. The van der Waals surface area contributed by atoms with Crippen molar-refractivity contribution in [2.24, 2.45) is 0 Å². The molecule has 1 aromatic rings. The molecule has 2 fully saturated rings. The maximum atomic E-state index is 9.91. The molecule has 1 N–H and O–H groups in total. The lowest BCUT2D eigenvalue weighted by molar-refractivity contribution is 0.0527. The molecule has 0 bridgehead atoms. The molecule has 2 heterocycles. The number of ether oxygens (including phenoxy) is 3. The number of aliphatic hydroxyl groups excluding tert-OH is 1. The number of hydrogen-bond acceptors (Lipinski definition) is 6. The lowest BCUT2D eigenvalue weighted by Crippen LogP contribution is -2.54. The van der Waals surface area contributed by atoms with E-state index in [1.807, 2.05) is 12.1 Å². The minimum absolute atomic E-state index is 0.177. The van der Waals surface area contributed by atoms with E-state index in [1.54, 1.807) is 21.3 Å². The summed E-state index contributed by atoms with van der Waals surface area (Å²) in [7, 11) is 4.90. The van der Waals surface area contributed by atoms with E-state index in [0.717, 1.165) is 38.2 Å². The fourth-order valence-electron chi connectivity index (χ4n) is 3.96. The number of aliphatic hydroxyl groups is 1. The standard InChI is InChI=1S/C18H28N2O4/c1-12-8-20-11-15(21)7-14(20)10-19(12)9-13-5-16(22-2)18(24-4)17(6-13)23-3/h5-6,12,14-15,21H,7-11H2,1-4H3/t12-,14+,15+/m0/s1. The molecule has 0 saturated carbocycles. The van der Waals surface area contributed by atoms with Crippen LogP contribution in [0.5, 0.6) is 17.2 Å². The van der Waals surface area contributed by atoms with Crippen molar-refractivity contribution in [3.05, 3.63) is 17.7 Å². The summed E-state index contributed by atoms with van der Waals surface area (Å²) in [5.41, 5.74) is 1.14. The molecule has 1 aromatic carbocycles. The molecule has 3 atom stereocenters. The van der Waals surface area contributed by atoms with Gasteiger partial charge in [-0.3, -0.25) is 9.80 Å². The summed E-state index contributed by atoms with van der Waals surface area (Å²) in [4.78, 5) is 4.89. The van der Waals surface area contributed by atoms with Gasteiger partial charge in [-0.15, -0.1) is 0 Å². The number of hydrogen-bond donors (Lipinski definition) is 1. The van der Waals surface area contributed by atoms with E-state index in [4.69, 9.17) is 14.2 Å². The first kappa shape index (κ1) is 17.3. The van der Waals surface area contributed by atoms with Crippen molar-refractivity contribution >= 4 is 0 Å². The van der Waals surface area contributed by atoms with Gasteiger partial charge in [0.1, 0.15) is 0 Å². The van der Waals surface area contributed by atoms with Crippen LogP contribution in [-0.2, 0) is 6.54 Å². The topological polar surface area (TPSA) is 54.4 Å². The van der Waals surface area contributed by atoms with E-state index in [2.05, 4.69) is 16.7 Å². The van der Waals surface area contributed by atoms with Gasteiger partial charge in [-0.1, -0.05) is 0 Å². The van der Waals surface area contributed by atoms with Gasteiger partial charge in [0, 0.05) is 38.3 Å². The molecule has 0 radical (unpaired) electrons. The molecule has 0 aromatic heterocycles. The Labute approximate surface area is 143 Å². The molecular formula is C18H28N2O4. The maximum Gasteiger partial charge on any atom is 0.203 e. The van der Waals surface area contributed by atoms with E-state index in [1.165, 1.54) is 0 Å². The van der Waals surface area contributed by atoms with Crippen molar-refractivity contribution in [3.63, 3.8) is 0 Å². The third-order valence-corrected chi connectivity index (χ3v) is 5.18. The molecule has 6 nitrogen and oxygen atoms in total. The third-order valence-electron chi connectivity index (χ3n) is 5.18. The predicted octanol–water partition coefficient (Wildman–Crippen LogP) is 1.35. The van der Waals surface area contributed by atoms with Crippen LogP contribution >= 0.6 is 0 Å². The van der Waals surface area contributed by atoms with Crippen LogP contribution in [0.4, 0.5) is 0 Å². The summed E-state index contributed by atoms with van der Waals surface area (Å²) in [6, 6.07) is 4.94. The first-order valence-electron chi connectivity index (χ1n) is 8.50. The molecule has 0 unspecified atom stereocenters. The average molecular weight is 336 g/mol. The van der Waals surface area contributed by atoms with Crippen LogP contribution in [0, 0.1) is 0 Å². The first-order chi connectivity index (χ1) is 11.5. The van der Waals surface area contributed by atoms with Gasteiger partial charge in [0.15, 0.2) is 11.5 Å². The second-order valence-electron chi connectivity index (χ2n) is 6.81. The Balaban J connectivity index is 1.78. The van der Waals surface area contributed by atoms with Crippen molar-refractivity contribution < 1.29 is 19.3 Å². The summed E-state index contributed by atoms with van der Waals surface area (Å²) in [5.74, 6) is 2.00. The van der Waals surface area contributed by atoms with E-state index in [-0.39, 0.29) is 6.10 Å². The molecule has 24 heavy (non-hydrogen) atoms. The van der Waals surface area contributed by atoms with Gasteiger partial charge in [0.05, 0.1) is 27.4 Å². The summed E-state index contributed by atoms with van der Waals surface area (Å²) in [6.45, 7) is 5.88. The molecule has 2 aliphatic heterocycles. The van der Waals surface area contributed by atoms with Crippen molar-refractivity contribution in [2.45, 2.75) is 38.1 Å². The largest absolute Gasteiger partial charge is 0.493 e. The third kappa shape index (κ3) is 3.31.